The van der Waals surface area contributed by atoms with Crippen LogP contribution in [0.2, 0.25) is 0 Å². The van der Waals surface area contributed by atoms with Gasteiger partial charge in [-0.25, -0.2) is 0 Å². The summed E-state index contributed by atoms with van der Waals surface area (Å²) in [5.74, 6) is -0.398. The lowest BCUT2D eigenvalue weighted by molar-refractivity contribution is -0.141. The van der Waals surface area contributed by atoms with Crippen molar-refractivity contribution in [2.24, 2.45) is 5.92 Å². The molecule has 7 heteroatoms. The lowest BCUT2D eigenvalue weighted by Crippen LogP contribution is -2.17. The molecule has 0 aliphatic carbocycles. The molecule has 0 amide bonds. The molecule has 1 fully saturated rings. The van der Waals surface area contributed by atoms with Crippen molar-refractivity contribution in [3.05, 3.63) is 16.1 Å². The van der Waals surface area contributed by atoms with E-state index in [1.54, 1.807) is 6.07 Å². The maximum atomic E-state index is 11.0. The van der Waals surface area contributed by atoms with E-state index in [0.717, 1.165) is 0 Å². The molecule has 1 aliphatic heterocycles. The van der Waals surface area contributed by atoms with Gasteiger partial charge >= 0.3 is 5.97 Å². The number of carbonyl (C=O) groups is 1. The van der Waals surface area contributed by atoms with Crippen molar-refractivity contribution >= 4 is 21.9 Å². The third-order valence-electron chi connectivity index (χ3n) is 3.46. The zero-order chi connectivity index (χ0) is 14.9. The van der Waals surface area contributed by atoms with Gasteiger partial charge in [-0.2, -0.15) is 0 Å². The lowest BCUT2D eigenvalue weighted by Gasteiger charge is -2.20. The van der Waals surface area contributed by atoms with Crippen LogP contribution in [-0.4, -0.2) is 36.9 Å². The van der Waals surface area contributed by atoms with Crippen LogP contribution in [0, 0.1) is 5.92 Å². The van der Waals surface area contributed by atoms with Crippen LogP contribution < -0.4 is 14.8 Å². The summed E-state index contributed by atoms with van der Waals surface area (Å²) in [5.41, 5.74) is 0.516. The summed E-state index contributed by atoms with van der Waals surface area (Å²) in [5, 5.41) is 22.4. The predicted molar refractivity (Wildman–Crippen MR) is 75.4 cm³/mol. The molecule has 1 aromatic carbocycles. The zero-order valence-corrected chi connectivity index (χ0v) is 12.7. The smallest absolute Gasteiger partial charge is 0.307 e. The van der Waals surface area contributed by atoms with E-state index in [0.29, 0.717) is 34.5 Å². The Morgan fingerprint density at radius 3 is 2.65 bits per heavy atom. The minimum Gasteiger partial charge on any atom is -0.506 e. The molecule has 110 valence electrons. The number of ether oxygens (including phenoxy) is 2. The Hall–Kier alpha value is -1.47. The van der Waals surface area contributed by atoms with Crippen LogP contribution in [0.15, 0.2) is 10.5 Å². The molecule has 2 unspecified atom stereocenters. The van der Waals surface area contributed by atoms with Gasteiger partial charge in [0.05, 0.1) is 30.2 Å². The van der Waals surface area contributed by atoms with Crippen LogP contribution in [0.5, 0.6) is 17.2 Å². The molecule has 2 rings (SSSR count). The molecule has 3 N–H and O–H groups in total. The maximum absolute atomic E-state index is 11.0. The number of aromatic hydroxyl groups is 1. The molecule has 1 heterocycles. The number of halogens is 1. The second-order valence-corrected chi connectivity index (χ2v) is 5.44. The summed E-state index contributed by atoms with van der Waals surface area (Å²) in [4.78, 5) is 11.0. The first-order chi connectivity index (χ1) is 9.49. The van der Waals surface area contributed by atoms with E-state index in [4.69, 9.17) is 14.6 Å². The Morgan fingerprint density at radius 2 is 2.15 bits per heavy atom. The summed E-state index contributed by atoms with van der Waals surface area (Å²) in [6.07, 6.45) is 0.388. The number of phenols is 1. The standard InChI is InChI=1S/C13H16BrNO5/c1-19-9-4-7(14)11(16)10(12(9)20-2)8-3-6(5-15-8)13(17)18/h4,6,8,15-16H,3,5H2,1-2H3,(H,17,18). The quantitative estimate of drug-likeness (QED) is 0.772. The van der Waals surface area contributed by atoms with Crippen LogP contribution in [0.3, 0.4) is 0 Å². The van der Waals surface area contributed by atoms with Crippen LogP contribution in [0.25, 0.3) is 0 Å². The van der Waals surface area contributed by atoms with Gasteiger partial charge < -0.3 is 25.0 Å². The third-order valence-corrected chi connectivity index (χ3v) is 4.06. The average Bonchev–Trinajstić information content (AvgIpc) is 2.90. The topological polar surface area (TPSA) is 88.0 Å². The molecular formula is C13H16BrNO5. The lowest BCUT2D eigenvalue weighted by atomic mass is 9.98. The fourth-order valence-electron chi connectivity index (χ4n) is 2.45. The average molecular weight is 346 g/mol. The molecule has 20 heavy (non-hydrogen) atoms. The first-order valence-electron chi connectivity index (χ1n) is 6.09. The zero-order valence-electron chi connectivity index (χ0n) is 11.1. The van der Waals surface area contributed by atoms with E-state index >= 15 is 0 Å². The molecule has 1 aromatic rings. The number of carboxylic acid groups (broad SMARTS) is 1. The van der Waals surface area contributed by atoms with Crippen molar-refractivity contribution in [3.63, 3.8) is 0 Å². The molecule has 0 bridgehead atoms. The van der Waals surface area contributed by atoms with Crippen LogP contribution >= 0.6 is 15.9 Å². The summed E-state index contributed by atoms with van der Waals surface area (Å²) in [6, 6.07) is 1.32. The molecule has 0 aromatic heterocycles. The Kier molecular flexibility index (Phi) is 4.39. The minimum absolute atomic E-state index is 0.0335. The molecule has 2 atom stereocenters. The number of hydrogen-bond acceptors (Lipinski definition) is 5. The van der Waals surface area contributed by atoms with Gasteiger partial charge in [-0.15, -0.1) is 0 Å². The largest absolute Gasteiger partial charge is 0.506 e. The van der Waals surface area contributed by atoms with Crippen LogP contribution in [-0.2, 0) is 4.79 Å². The van der Waals surface area contributed by atoms with Gasteiger partial charge in [0, 0.05) is 18.7 Å². The summed E-state index contributed by atoms with van der Waals surface area (Å²) in [6.45, 7) is 0.359. The molecule has 0 radical (unpaired) electrons. The van der Waals surface area contributed by atoms with E-state index in [1.807, 2.05) is 0 Å². The Labute approximate surface area is 124 Å². The molecule has 1 saturated heterocycles. The molecular weight excluding hydrogens is 330 g/mol. The number of methoxy groups -OCH3 is 2. The van der Waals surface area contributed by atoms with E-state index in [-0.39, 0.29) is 11.8 Å². The van der Waals surface area contributed by atoms with Gasteiger partial charge in [0.15, 0.2) is 11.5 Å². The third kappa shape index (κ3) is 2.55. The summed E-state index contributed by atoms with van der Waals surface area (Å²) in [7, 11) is 2.99. The second-order valence-electron chi connectivity index (χ2n) is 4.59. The van der Waals surface area contributed by atoms with Crippen molar-refractivity contribution in [1.29, 1.82) is 0 Å². The van der Waals surface area contributed by atoms with Gasteiger partial charge in [0.1, 0.15) is 5.75 Å². The fourth-order valence-corrected chi connectivity index (χ4v) is 2.87. The number of nitrogens with one attached hydrogen (secondary N) is 1. The molecule has 0 spiro atoms. The number of carboxylic acids is 1. The molecule has 0 saturated carbocycles. The van der Waals surface area contributed by atoms with Crippen LogP contribution in [0.4, 0.5) is 0 Å². The number of aliphatic carboxylic acids is 1. The number of rotatable bonds is 4. The van der Waals surface area contributed by atoms with Gasteiger partial charge in [0.2, 0.25) is 0 Å². The monoisotopic (exact) mass is 345 g/mol. The highest BCUT2D eigenvalue weighted by Gasteiger charge is 2.35. The Morgan fingerprint density at radius 1 is 1.45 bits per heavy atom. The van der Waals surface area contributed by atoms with E-state index in [1.165, 1.54) is 14.2 Å². The van der Waals surface area contributed by atoms with Crippen molar-refractivity contribution in [2.45, 2.75) is 12.5 Å². The fraction of sp³-hybridized carbons (Fsp3) is 0.462. The predicted octanol–water partition coefficient (Wildman–Crippen LogP) is 1.91. The Bertz CT molecular complexity index is 534. The normalized spacial score (nSPS) is 21.8. The van der Waals surface area contributed by atoms with E-state index in [2.05, 4.69) is 21.2 Å². The number of benzene rings is 1. The minimum atomic E-state index is -0.847. The summed E-state index contributed by atoms with van der Waals surface area (Å²) < 4.78 is 11.0. The maximum Gasteiger partial charge on any atom is 0.307 e. The highest BCUT2D eigenvalue weighted by atomic mass is 79.9. The van der Waals surface area contributed by atoms with Crippen molar-refractivity contribution < 1.29 is 24.5 Å². The van der Waals surface area contributed by atoms with Gasteiger partial charge in [-0.3, -0.25) is 4.79 Å². The van der Waals surface area contributed by atoms with Gasteiger partial charge in [-0.1, -0.05) is 0 Å². The second kappa shape index (κ2) is 5.88. The Balaban J connectivity index is 2.45. The first kappa shape index (κ1) is 14.9. The highest BCUT2D eigenvalue weighted by molar-refractivity contribution is 9.10. The SMILES string of the molecule is COc1cc(Br)c(O)c(C2CC(C(=O)O)CN2)c1OC. The number of hydrogen-bond donors (Lipinski definition) is 3. The van der Waals surface area contributed by atoms with Gasteiger partial charge in [-0.05, 0) is 22.4 Å². The number of phenolic OH excluding ortho intramolecular Hbond substituents is 1. The molecule has 1 aliphatic rings. The first-order valence-corrected chi connectivity index (χ1v) is 6.88. The van der Waals surface area contributed by atoms with Crippen molar-refractivity contribution in [2.75, 3.05) is 20.8 Å². The van der Waals surface area contributed by atoms with Crippen molar-refractivity contribution in [1.82, 2.24) is 5.32 Å². The van der Waals surface area contributed by atoms with E-state index in [9.17, 15) is 9.90 Å². The summed E-state index contributed by atoms with van der Waals surface area (Å²) >= 11 is 3.26. The van der Waals surface area contributed by atoms with E-state index < -0.39 is 11.9 Å². The van der Waals surface area contributed by atoms with Crippen LogP contribution in [0.1, 0.15) is 18.0 Å². The molecule has 6 nitrogen and oxygen atoms in total. The van der Waals surface area contributed by atoms with Gasteiger partial charge in [0.25, 0.3) is 0 Å². The highest BCUT2D eigenvalue weighted by Crippen LogP contribution is 2.47. The van der Waals surface area contributed by atoms with Crippen molar-refractivity contribution in [3.8, 4) is 17.2 Å².